The van der Waals surface area contributed by atoms with E-state index in [0.29, 0.717) is 19.4 Å². The molecule has 20 heavy (non-hydrogen) atoms. The van der Waals surface area contributed by atoms with Gasteiger partial charge in [-0.3, -0.25) is 0 Å². The Bertz CT molecular complexity index is 498. The summed E-state index contributed by atoms with van der Waals surface area (Å²) in [6, 6.07) is 9.38. The van der Waals surface area contributed by atoms with Gasteiger partial charge in [-0.15, -0.1) is 0 Å². The molecular formula is C14H24N2O3S. The molecule has 0 radical (unpaired) electrons. The van der Waals surface area contributed by atoms with E-state index in [4.69, 9.17) is 0 Å². The van der Waals surface area contributed by atoms with E-state index >= 15 is 0 Å². The van der Waals surface area contributed by atoms with Gasteiger partial charge in [-0.2, -0.15) is 17.4 Å². The first-order valence-electron chi connectivity index (χ1n) is 6.80. The molecule has 0 saturated carbocycles. The molecule has 0 aromatic heterocycles. The van der Waals surface area contributed by atoms with E-state index in [-0.39, 0.29) is 6.54 Å². The van der Waals surface area contributed by atoms with Crippen molar-refractivity contribution >= 4 is 10.2 Å². The van der Waals surface area contributed by atoms with Crippen molar-refractivity contribution < 1.29 is 13.5 Å². The normalized spacial score (nSPS) is 12.8. The molecule has 114 valence electrons. The zero-order valence-electron chi connectivity index (χ0n) is 12.3. The molecule has 0 aliphatic carbocycles. The van der Waals surface area contributed by atoms with Crippen LogP contribution < -0.4 is 4.72 Å². The number of hydrogen-bond donors (Lipinski definition) is 2. The fourth-order valence-electron chi connectivity index (χ4n) is 1.76. The highest BCUT2D eigenvalue weighted by Crippen LogP contribution is 2.14. The Kier molecular flexibility index (Phi) is 6.13. The summed E-state index contributed by atoms with van der Waals surface area (Å²) in [7, 11) is -2.07. The SMILES string of the molecule is CCC(O)(CC)CNS(=O)(=O)N(C)Cc1ccccc1. The molecular weight excluding hydrogens is 276 g/mol. The van der Waals surface area contributed by atoms with Crippen molar-refractivity contribution in [1.82, 2.24) is 9.03 Å². The van der Waals surface area contributed by atoms with Crippen LogP contribution in [0.2, 0.25) is 0 Å². The van der Waals surface area contributed by atoms with Gasteiger partial charge >= 0.3 is 0 Å². The Morgan fingerprint density at radius 2 is 1.75 bits per heavy atom. The standard InChI is InChI=1S/C14H24N2O3S/c1-4-14(17,5-2)12-15-20(18,19)16(3)11-13-9-7-6-8-10-13/h6-10,15,17H,4-5,11-12H2,1-3H3. The first-order valence-corrected chi connectivity index (χ1v) is 8.24. The van der Waals surface area contributed by atoms with Gasteiger partial charge in [-0.05, 0) is 18.4 Å². The maximum atomic E-state index is 12.1. The molecule has 1 aromatic rings. The molecule has 2 N–H and O–H groups in total. The zero-order valence-corrected chi connectivity index (χ0v) is 13.2. The second-order valence-electron chi connectivity index (χ2n) is 5.00. The first-order chi connectivity index (χ1) is 9.33. The molecule has 1 aromatic carbocycles. The fraction of sp³-hybridized carbons (Fsp3) is 0.571. The van der Waals surface area contributed by atoms with E-state index in [1.54, 1.807) is 0 Å². The predicted molar refractivity (Wildman–Crippen MR) is 80.4 cm³/mol. The van der Waals surface area contributed by atoms with Crippen molar-refractivity contribution in [2.24, 2.45) is 0 Å². The molecule has 0 unspecified atom stereocenters. The highest BCUT2D eigenvalue weighted by molar-refractivity contribution is 7.87. The van der Waals surface area contributed by atoms with E-state index in [1.165, 1.54) is 11.4 Å². The average Bonchev–Trinajstić information content (AvgIpc) is 2.46. The largest absolute Gasteiger partial charge is 0.389 e. The van der Waals surface area contributed by atoms with Gasteiger partial charge in [-0.1, -0.05) is 44.2 Å². The quantitative estimate of drug-likeness (QED) is 0.764. The van der Waals surface area contributed by atoms with Crippen LogP contribution in [0.25, 0.3) is 0 Å². The van der Waals surface area contributed by atoms with Crippen molar-refractivity contribution in [3.8, 4) is 0 Å². The highest BCUT2D eigenvalue weighted by atomic mass is 32.2. The van der Waals surface area contributed by atoms with Crippen molar-refractivity contribution in [2.75, 3.05) is 13.6 Å². The molecule has 0 bridgehead atoms. The number of benzene rings is 1. The molecule has 6 heteroatoms. The van der Waals surface area contributed by atoms with E-state index in [1.807, 2.05) is 44.2 Å². The minimum atomic E-state index is -3.59. The summed E-state index contributed by atoms with van der Waals surface area (Å²) in [5.74, 6) is 0. The van der Waals surface area contributed by atoms with Gasteiger partial charge in [0, 0.05) is 20.1 Å². The monoisotopic (exact) mass is 300 g/mol. The maximum Gasteiger partial charge on any atom is 0.279 e. The molecule has 1 rings (SSSR count). The van der Waals surface area contributed by atoms with Gasteiger partial charge in [0.1, 0.15) is 0 Å². The first kappa shape index (κ1) is 17.1. The summed E-state index contributed by atoms with van der Waals surface area (Å²) in [5.41, 5.74) is -0.0673. The van der Waals surface area contributed by atoms with Gasteiger partial charge < -0.3 is 5.11 Å². The number of rotatable bonds is 8. The Morgan fingerprint density at radius 1 is 1.20 bits per heavy atom. The number of nitrogens with zero attached hydrogens (tertiary/aromatic N) is 1. The van der Waals surface area contributed by atoms with Crippen molar-refractivity contribution in [2.45, 2.75) is 38.8 Å². The lowest BCUT2D eigenvalue weighted by molar-refractivity contribution is 0.0373. The van der Waals surface area contributed by atoms with Gasteiger partial charge in [0.2, 0.25) is 0 Å². The number of hydrogen-bond acceptors (Lipinski definition) is 3. The second-order valence-corrected chi connectivity index (χ2v) is 6.86. The summed E-state index contributed by atoms with van der Waals surface area (Å²) >= 11 is 0. The van der Waals surface area contributed by atoms with Crippen LogP contribution in [-0.4, -0.2) is 37.0 Å². The van der Waals surface area contributed by atoms with Gasteiger partial charge in [-0.25, -0.2) is 0 Å². The lowest BCUT2D eigenvalue weighted by Gasteiger charge is -2.27. The summed E-state index contributed by atoms with van der Waals surface area (Å²) in [6.07, 6.45) is 1.02. The van der Waals surface area contributed by atoms with E-state index in [0.717, 1.165) is 5.56 Å². The smallest absolute Gasteiger partial charge is 0.279 e. The minimum Gasteiger partial charge on any atom is -0.389 e. The van der Waals surface area contributed by atoms with E-state index in [9.17, 15) is 13.5 Å². The summed E-state index contributed by atoms with van der Waals surface area (Å²) in [5, 5.41) is 10.1. The van der Waals surface area contributed by atoms with Gasteiger partial charge in [0.05, 0.1) is 5.60 Å². The Labute approximate surface area is 121 Å². The summed E-state index contributed by atoms with van der Waals surface area (Å²) < 4.78 is 27.9. The molecule has 0 aliphatic rings. The lowest BCUT2D eigenvalue weighted by atomic mass is 9.98. The van der Waals surface area contributed by atoms with Crippen molar-refractivity contribution in [3.05, 3.63) is 35.9 Å². The van der Waals surface area contributed by atoms with Crippen LogP contribution in [-0.2, 0) is 16.8 Å². The molecule has 0 atom stereocenters. The van der Waals surface area contributed by atoms with Crippen molar-refractivity contribution in [1.29, 1.82) is 0 Å². The average molecular weight is 300 g/mol. The predicted octanol–water partition coefficient (Wildman–Crippen LogP) is 1.50. The van der Waals surface area contributed by atoms with Crippen LogP contribution in [0.1, 0.15) is 32.3 Å². The van der Waals surface area contributed by atoms with Crippen LogP contribution in [0, 0.1) is 0 Å². The number of aliphatic hydroxyl groups is 1. The minimum absolute atomic E-state index is 0.0292. The van der Waals surface area contributed by atoms with Gasteiger partial charge in [0.15, 0.2) is 0 Å². The van der Waals surface area contributed by atoms with Gasteiger partial charge in [0.25, 0.3) is 10.2 Å². The zero-order chi connectivity index (χ0) is 15.2. The van der Waals surface area contributed by atoms with Crippen LogP contribution in [0.3, 0.4) is 0 Å². The molecule has 0 amide bonds. The third-order valence-electron chi connectivity index (χ3n) is 3.56. The van der Waals surface area contributed by atoms with Crippen LogP contribution >= 0.6 is 0 Å². The molecule has 0 aliphatic heterocycles. The maximum absolute atomic E-state index is 12.1. The second kappa shape index (κ2) is 7.17. The van der Waals surface area contributed by atoms with Crippen molar-refractivity contribution in [3.63, 3.8) is 0 Å². The number of nitrogens with one attached hydrogen (secondary N) is 1. The Morgan fingerprint density at radius 3 is 2.25 bits per heavy atom. The summed E-state index contributed by atoms with van der Waals surface area (Å²) in [4.78, 5) is 0. The van der Waals surface area contributed by atoms with Crippen LogP contribution in [0.4, 0.5) is 0 Å². The topological polar surface area (TPSA) is 69.6 Å². The van der Waals surface area contributed by atoms with E-state index in [2.05, 4.69) is 4.72 Å². The molecule has 0 heterocycles. The summed E-state index contributed by atoms with van der Waals surface area (Å²) in [6.45, 7) is 4.01. The van der Waals surface area contributed by atoms with Crippen LogP contribution in [0.5, 0.6) is 0 Å². The Hall–Kier alpha value is -0.950. The molecule has 0 fully saturated rings. The fourth-order valence-corrected chi connectivity index (χ4v) is 2.75. The molecule has 0 saturated heterocycles. The third kappa shape index (κ3) is 4.86. The highest BCUT2D eigenvalue weighted by Gasteiger charge is 2.26. The third-order valence-corrected chi connectivity index (χ3v) is 5.02. The molecule has 0 spiro atoms. The lowest BCUT2D eigenvalue weighted by Crippen LogP contribution is -2.46. The van der Waals surface area contributed by atoms with Crippen LogP contribution in [0.15, 0.2) is 30.3 Å². The Balaban J connectivity index is 2.64. The molecule has 5 nitrogen and oxygen atoms in total. The van der Waals surface area contributed by atoms with E-state index < -0.39 is 15.8 Å².